The molecule has 0 nitrogen and oxygen atoms in total. The standard InChI is InChI=1S/C2H6P2/c1-2-4-3/h2H,3H2,1H3. The fourth-order valence-corrected chi connectivity index (χ4v) is 0. The van der Waals surface area contributed by atoms with Crippen LogP contribution in [0.5, 0.6) is 0 Å². The van der Waals surface area contributed by atoms with Gasteiger partial charge in [-0.25, -0.2) is 0 Å². The van der Waals surface area contributed by atoms with Crippen molar-refractivity contribution in [2.75, 3.05) is 0 Å². The summed E-state index contributed by atoms with van der Waals surface area (Å²) < 4.78 is 0. The normalized spacial score (nSPS) is 9.50. The molecule has 0 saturated carbocycles. The van der Waals surface area contributed by atoms with Crippen LogP contribution in [-0.2, 0) is 0 Å². The average molecular weight is 92.0 g/mol. The van der Waals surface area contributed by atoms with E-state index in [-0.39, 0.29) is 0 Å². The molecule has 0 bridgehead atoms. The molecule has 1 atom stereocenters. The van der Waals surface area contributed by atoms with Crippen molar-refractivity contribution in [1.29, 1.82) is 0 Å². The molecular formula is C2H6P2. The van der Waals surface area contributed by atoms with Gasteiger partial charge in [0.2, 0.25) is 0 Å². The van der Waals surface area contributed by atoms with Gasteiger partial charge >= 0.3 is 0 Å². The van der Waals surface area contributed by atoms with Crippen LogP contribution < -0.4 is 0 Å². The van der Waals surface area contributed by atoms with Gasteiger partial charge < -0.3 is 0 Å². The minimum absolute atomic E-state index is 1.29. The Morgan fingerprint density at radius 3 is 2.25 bits per heavy atom. The zero-order valence-corrected chi connectivity index (χ0v) is 4.65. The first-order chi connectivity index (χ1) is 1.91. The molecule has 2 heteroatoms. The van der Waals surface area contributed by atoms with Crippen LogP contribution in [0.1, 0.15) is 6.92 Å². The van der Waals surface area contributed by atoms with Crippen molar-refractivity contribution >= 4 is 22.6 Å². The van der Waals surface area contributed by atoms with Gasteiger partial charge in [0.15, 0.2) is 0 Å². The lowest BCUT2D eigenvalue weighted by Gasteiger charge is -1.48. The van der Waals surface area contributed by atoms with Gasteiger partial charge in [-0.05, 0) is 6.92 Å². The minimum atomic E-state index is 1.29. The van der Waals surface area contributed by atoms with E-state index >= 15 is 0 Å². The molecule has 24 valence electrons. The van der Waals surface area contributed by atoms with E-state index in [0.717, 1.165) is 0 Å². The Bertz CT molecular complexity index is 19.2. The van der Waals surface area contributed by atoms with Crippen LogP contribution in [0.4, 0.5) is 0 Å². The van der Waals surface area contributed by atoms with E-state index in [9.17, 15) is 0 Å². The highest BCUT2D eigenvalue weighted by atomic mass is 32.0. The van der Waals surface area contributed by atoms with E-state index in [1.165, 1.54) is 7.89 Å². The quantitative estimate of drug-likeness (QED) is 0.397. The molecule has 0 aromatic carbocycles. The summed E-state index contributed by atoms with van der Waals surface area (Å²) in [6, 6.07) is 0. The molecule has 0 aromatic heterocycles. The lowest BCUT2D eigenvalue weighted by Crippen LogP contribution is -1.28. The highest BCUT2D eigenvalue weighted by Crippen LogP contribution is 2.01. The lowest BCUT2D eigenvalue weighted by atomic mass is 11.0. The van der Waals surface area contributed by atoms with E-state index in [1.54, 1.807) is 0 Å². The molecule has 0 aromatic rings. The van der Waals surface area contributed by atoms with Crippen LogP contribution in [0.15, 0.2) is 0 Å². The van der Waals surface area contributed by atoms with Crippen LogP contribution in [0, 0.1) is 0 Å². The Labute approximate surface area is 30.5 Å². The third-order valence-electron chi connectivity index (χ3n) is 0.149. The van der Waals surface area contributed by atoms with Crippen molar-refractivity contribution in [1.82, 2.24) is 0 Å². The number of rotatable bonds is 0. The largest absolute Gasteiger partial charge is 0.0876 e. The minimum Gasteiger partial charge on any atom is -0.0876 e. The third kappa shape index (κ3) is 2.60. The average Bonchev–Trinajstić information content (AvgIpc) is 1.37. The Kier molecular flexibility index (Phi) is 4.14. The first kappa shape index (κ1) is 4.60. The van der Waals surface area contributed by atoms with Gasteiger partial charge in [-0.2, -0.15) is 0 Å². The Morgan fingerprint density at radius 2 is 2.25 bits per heavy atom. The monoisotopic (exact) mass is 92.0 g/mol. The van der Waals surface area contributed by atoms with E-state index in [4.69, 9.17) is 0 Å². The molecule has 1 unspecified atom stereocenters. The maximum absolute atomic E-state index is 2.57. The van der Waals surface area contributed by atoms with Gasteiger partial charge in [-0.3, -0.25) is 0 Å². The highest BCUT2D eigenvalue weighted by Gasteiger charge is 1.35. The zero-order chi connectivity index (χ0) is 3.41. The second kappa shape index (κ2) is 3.60. The van der Waals surface area contributed by atoms with Crippen LogP contribution in [0.2, 0.25) is 0 Å². The van der Waals surface area contributed by atoms with Gasteiger partial charge in [-0.1, -0.05) is 22.6 Å². The fraction of sp³-hybridized carbons (Fsp3) is 0.500. The van der Waals surface area contributed by atoms with Gasteiger partial charge in [0, 0.05) is 0 Å². The van der Waals surface area contributed by atoms with Gasteiger partial charge in [0.1, 0.15) is 0 Å². The van der Waals surface area contributed by atoms with Crippen molar-refractivity contribution < 1.29 is 0 Å². The Morgan fingerprint density at radius 1 is 2.00 bits per heavy atom. The molecule has 0 aliphatic carbocycles. The summed E-state index contributed by atoms with van der Waals surface area (Å²) in [7, 11) is 3.86. The molecule has 0 rings (SSSR count). The van der Waals surface area contributed by atoms with Crippen LogP contribution in [-0.4, -0.2) is 5.80 Å². The molecule has 4 heavy (non-hydrogen) atoms. The summed E-state index contributed by atoms with van der Waals surface area (Å²) in [6.45, 7) is 2.02. The first-order valence-corrected chi connectivity index (χ1v) is 3.68. The second-order valence-electron chi connectivity index (χ2n) is 0.407. The molecule has 0 aliphatic rings. The summed E-state index contributed by atoms with van der Waals surface area (Å²) >= 11 is 0. The van der Waals surface area contributed by atoms with Crippen LogP contribution in [0.3, 0.4) is 0 Å². The highest BCUT2D eigenvalue weighted by molar-refractivity contribution is 8.01. The van der Waals surface area contributed by atoms with E-state index in [2.05, 4.69) is 14.7 Å². The van der Waals surface area contributed by atoms with E-state index in [0.29, 0.717) is 0 Å². The van der Waals surface area contributed by atoms with Crippen molar-refractivity contribution in [2.24, 2.45) is 0 Å². The summed E-state index contributed by atoms with van der Waals surface area (Å²) in [5.74, 6) is 2.06. The molecule has 0 spiro atoms. The molecule has 0 amide bonds. The predicted octanol–water partition coefficient (Wildman–Crippen LogP) is 1.54. The Balaban J connectivity index is 2.55. The number of hydrogen-bond acceptors (Lipinski definition) is 0. The maximum atomic E-state index is 2.57. The summed E-state index contributed by atoms with van der Waals surface area (Å²) in [4.78, 5) is 0. The summed E-state index contributed by atoms with van der Waals surface area (Å²) in [5.41, 5.74) is 0. The van der Waals surface area contributed by atoms with Crippen molar-refractivity contribution in [3.8, 4) is 0 Å². The van der Waals surface area contributed by atoms with Crippen molar-refractivity contribution in [2.45, 2.75) is 6.92 Å². The van der Waals surface area contributed by atoms with Crippen LogP contribution >= 0.6 is 16.8 Å². The van der Waals surface area contributed by atoms with E-state index in [1.807, 2.05) is 6.92 Å². The van der Waals surface area contributed by atoms with Crippen LogP contribution in [0.25, 0.3) is 0 Å². The molecule has 0 saturated heterocycles. The zero-order valence-electron chi connectivity index (χ0n) is 2.60. The van der Waals surface area contributed by atoms with Gasteiger partial charge in [-0.15, -0.1) is 0 Å². The summed E-state index contributed by atoms with van der Waals surface area (Å²) in [6.07, 6.45) is 0. The molecule has 0 radical (unpaired) electrons. The smallest absolute Gasteiger partial charge is 0.0423 e. The first-order valence-electron chi connectivity index (χ1n) is 1.09. The maximum Gasteiger partial charge on any atom is -0.0423 e. The topological polar surface area (TPSA) is 0 Å². The molecule has 0 fully saturated rings. The van der Waals surface area contributed by atoms with Gasteiger partial charge in [0.25, 0.3) is 0 Å². The van der Waals surface area contributed by atoms with Crippen molar-refractivity contribution in [3.63, 3.8) is 0 Å². The number of hydrogen-bond donors (Lipinski definition) is 0. The molecule has 0 aliphatic heterocycles. The summed E-state index contributed by atoms with van der Waals surface area (Å²) in [5, 5.41) is 0. The van der Waals surface area contributed by atoms with E-state index < -0.39 is 0 Å². The molecule has 0 N–H and O–H groups in total. The lowest BCUT2D eigenvalue weighted by molar-refractivity contribution is 2.14. The van der Waals surface area contributed by atoms with Gasteiger partial charge in [0.05, 0.1) is 0 Å². The molecule has 0 heterocycles. The SMILES string of the molecule is CC=PP. The predicted molar refractivity (Wildman–Crippen MR) is 28.4 cm³/mol. The molecular weight excluding hydrogens is 86.0 g/mol. The van der Waals surface area contributed by atoms with Crippen molar-refractivity contribution in [3.05, 3.63) is 0 Å². The fourth-order valence-electron chi connectivity index (χ4n) is 0. The second-order valence-corrected chi connectivity index (χ2v) is 2.12. The Hall–Kier alpha value is 0.600. The third-order valence-corrected chi connectivity index (χ3v) is 1.34.